The van der Waals surface area contributed by atoms with Gasteiger partial charge in [0.25, 0.3) is 0 Å². The van der Waals surface area contributed by atoms with E-state index in [0.717, 1.165) is 12.2 Å². The van der Waals surface area contributed by atoms with E-state index in [9.17, 15) is 0 Å². The van der Waals surface area contributed by atoms with Crippen LogP contribution >= 0.6 is 0 Å². The normalized spacial score (nSPS) is 12.9. The minimum atomic E-state index is -0.00798. The summed E-state index contributed by atoms with van der Waals surface area (Å²) in [5.74, 6) is 1.19. The van der Waals surface area contributed by atoms with Crippen LogP contribution in [-0.2, 0) is 6.61 Å². The SMILES string of the molecule is CCC(C)c1nccc(CO)n1. The molecule has 1 aromatic rings. The molecule has 0 saturated carbocycles. The number of hydrogen-bond donors (Lipinski definition) is 1. The zero-order valence-corrected chi connectivity index (χ0v) is 7.49. The van der Waals surface area contributed by atoms with Gasteiger partial charge in [0, 0.05) is 12.1 Å². The molecule has 0 fully saturated rings. The second-order valence-corrected chi connectivity index (χ2v) is 2.87. The highest BCUT2D eigenvalue weighted by molar-refractivity contribution is 5.03. The van der Waals surface area contributed by atoms with Gasteiger partial charge >= 0.3 is 0 Å². The molecule has 1 rings (SSSR count). The van der Waals surface area contributed by atoms with Crippen LogP contribution < -0.4 is 0 Å². The molecule has 0 saturated heterocycles. The fourth-order valence-electron chi connectivity index (χ4n) is 0.921. The Bertz CT molecular complexity index is 250. The molecule has 1 atom stereocenters. The lowest BCUT2D eigenvalue weighted by Crippen LogP contribution is -2.02. The third kappa shape index (κ3) is 2.01. The number of rotatable bonds is 3. The van der Waals surface area contributed by atoms with E-state index < -0.39 is 0 Å². The Balaban J connectivity index is 2.86. The van der Waals surface area contributed by atoms with Crippen LogP contribution in [0, 0.1) is 0 Å². The molecule has 0 aliphatic carbocycles. The molecule has 1 heterocycles. The first-order valence-corrected chi connectivity index (χ1v) is 4.20. The van der Waals surface area contributed by atoms with Crippen LogP contribution in [0.2, 0.25) is 0 Å². The summed E-state index contributed by atoms with van der Waals surface area (Å²) in [6.07, 6.45) is 2.72. The van der Waals surface area contributed by atoms with Gasteiger partial charge in [0.05, 0.1) is 12.3 Å². The minimum absolute atomic E-state index is 0.00798. The van der Waals surface area contributed by atoms with Crippen LogP contribution in [0.4, 0.5) is 0 Å². The summed E-state index contributed by atoms with van der Waals surface area (Å²) < 4.78 is 0. The summed E-state index contributed by atoms with van der Waals surface area (Å²) in [6, 6.07) is 1.73. The Morgan fingerprint density at radius 2 is 2.33 bits per heavy atom. The number of aliphatic hydroxyl groups excluding tert-OH is 1. The van der Waals surface area contributed by atoms with Crippen LogP contribution in [0.15, 0.2) is 12.3 Å². The first-order chi connectivity index (χ1) is 5.77. The smallest absolute Gasteiger partial charge is 0.131 e. The van der Waals surface area contributed by atoms with Crippen molar-refractivity contribution in [2.24, 2.45) is 0 Å². The van der Waals surface area contributed by atoms with Gasteiger partial charge < -0.3 is 5.11 Å². The van der Waals surface area contributed by atoms with Crippen LogP contribution in [0.25, 0.3) is 0 Å². The predicted octanol–water partition coefficient (Wildman–Crippen LogP) is 1.48. The molecule has 3 nitrogen and oxygen atoms in total. The molecule has 0 aliphatic heterocycles. The Kier molecular flexibility index (Phi) is 3.17. The van der Waals surface area contributed by atoms with Crippen molar-refractivity contribution < 1.29 is 5.11 Å². The molecule has 0 aliphatic rings. The molecule has 3 heteroatoms. The number of hydrogen-bond acceptors (Lipinski definition) is 3. The van der Waals surface area contributed by atoms with E-state index in [0.29, 0.717) is 11.6 Å². The molecule has 0 bridgehead atoms. The van der Waals surface area contributed by atoms with Crippen LogP contribution in [0.5, 0.6) is 0 Å². The highest BCUT2D eigenvalue weighted by Crippen LogP contribution is 2.13. The highest BCUT2D eigenvalue weighted by Gasteiger charge is 2.05. The van der Waals surface area contributed by atoms with Gasteiger partial charge in [-0.25, -0.2) is 9.97 Å². The molecule has 0 radical (unpaired) electrons. The van der Waals surface area contributed by atoms with E-state index in [2.05, 4.69) is 23.8 Å². The average molecular weight is 166 g/mol. The van der Waals surface area contributed by atoms with Gasteiger partial charge in [-0.15, -0.1) is 0 Å². The number of aliphatic hydroxyl groups is 1. The number of aromatic nitrogens is 2. The van der Waals surface area contributed by atoms with E-state index in [1.54, 1.807) is 12.3 Å². The van der Waals surface area contributed by atoms with Gasteiger partial charge in [-0.3, -0.25) is 0 Å². The predicted molar refractivity (Wildman–Crippen MR) is 46.7 cm³/mol. The van der Waals surface area contributed by atoms with E-state index in [-0.39, 0.29) is 6.61 Å². The van der Waals surface area contributed by atoms with Crippen molar-refractivity contribution in [2.45, 2.75) is 32.8 Å². The topological polar surface area (TPSA) is 46.0 Å². The molecule has 1 unspecified atom stereocenters. The maximum Gasteiger partial charge on any atom is 0.131 e. The Hall–Kier alpha value is -0.960. The van der Waals surface area contributed by atoms with E-state index in [1.165, 1.54) is 0 Å². The second kappa shape index (κ2) is 4.16. The Labute approximate surface area is 72.5 Å². The zero-order chi connectivity index (χ0) is 8.97. The van der Waals surface area contributed by atoms with E-state index in [1.807, 2.05) is 0 Å². The van der Waals surface area contributed by atoms with Crippen LogP contribution in [0.1, 0.15) is 37.7 Å². The maximum atomic E-state index is 8.83. The Morgan fingerprint density at radius 3 is 2.92 bits per heavy atom. The lowest BCUT2D eigenvalue weighted by atomic mass is 10.1. The van der Waals surface area contributed by atoms with Crippen molar-refractivity contribution in [1.29, 1.82) is 0 Å². The third-order valence-electron chi connectivity index (χ3n) is 1.95. The summed E-state index contributed by atoms with van der Waals surface area (Å²) in [6.45, 7) is 4.17. The summed E-state index contributed by atoms with van der Waals surface area (Å²) in [7, 11) is 0. The molecule has 0 spiro atoms. The van der Waals surface area contributed by atoms with Crippen molar-refractivity contribution >= 4 is 0 Å². The van der Waals surface area contributed by atoms with Gasteiger partial charge in [0.2, 0.25) is 0 Å². The highest BCUT2D eigenvalue weighted by atomic mass is 16.3. The molecule has 0 aromatic carbocycles. The monoisotopic (exact) mass is 166 g/mol. The van der Waals surface area contributed by atoms with E-state index in [4.69, 9.17) is 5.11 Å². The lowest BCUT2D eigenvalue weighted by molar-refractivity contribution is 0.276. The van der Waals surface area contributed by atoms with Gasteiger partial charge in [-0.05, 0) is 12.5 Å². The number of nitrogens with zero attached hydrogens (tertiary/aromatic N) is 2. The minimum Gasteiger partial charge on any atom is -0.390 e. The summed E-state index contributed by atoms with van der Waals surface area (Å²) in [4.78, 5) is 8.34. The molecular weight excluding hydrogens is 152 g/mol. The summed E-state index contributed by atoms with van der Waals surface area (Å²) in [5, 5.41) is 8.83. The lowest BCUT2D eigenvalue weighted by Gasteiger charge is -2.06. The molecular formula is C9H14N2O. The fraction of sp³-hybridized carbons (Fsp3) is 0.556. The fourth-order valence-corrected chi connectivity index (χ4v) is 0.921. The van der Waals surface area contributed by atoms with Gasteiger partial charge in [-0.1, -0.05) is 13.8 Å². The van der Waals surface area contributed by atoms with Crippen molar-refractivity contribution in [3.8, 4) is 0 Å². The van der Waals surface area contributed by atoms with Crippen molar-refractivity contribution in [3.05, 3.63) is 23.8 Å². The van der Waals surface area contributed by atoms with Gasteiger partial charge in [0.15, 0.2) is 0 Å². The molecule has 1 N–H and O–H groups in total. The molecule has 0 amide bonds. The van der Waals surface area contributed by atoms with Crippen molar-refractivity contribution in [2.75, 3.05) is 0 Å². The van der Waals surface area contributed by atoms with E-state index >= 15 is 0 Å². The third-order valence-corrected chi connectivity index (χ3v) is 1.95. The molecule has 1 aromatic heterocycles. The first kappa shape index (κ1) is 9.13. The standard InChI is InChI=1S/C9H14N2O/c1-3-7(2)9-10-5-4-8(6-12)11-9/h4-5,7,12H,3,6H2,1-2H3. The van der Waals surface area contributed by atoms with Crippen molar-refractivity contribution in [1.82, 2.24) is 9.97 Å². The van der Waals surface area contributed by atoms with Gasteiger partial charge in [0.1, 0.15) is 5.82 Å². The summed E-state index contributed by atoms with van der Waals surface area (Å²) >= 11 is 0. The molecule has 12 heavy (non-hydrogen) atoms. The van der Waals surface area contributed by atoms with Crippen LogP contribution in [0.3, 0.4) is 0 Å². The summed E-state index contributed by atoms with van der Waals surface area (Å²) in [5.41, 5.74) is 0.695. The maximum absolute atomic E-state index is 8.83. The van der Waals surface area contributed by atoms with Crippen molar-refractivity contribution in [3.63, 3.8) is 0 Å². The second-order valence-electron chi connectivity index (χ2n) is 2.87. The first-order valence-electron chi connectivity index (χ1n) is 4.20. The quantitative estimate of drug-likeness (QED) is 0.739. The zero-order valence-electron chi connectivity index (χ0n) is 7.49. The molecule has 66 valence electrons. The average Bonchev–Trinajstić information content (AvgIpc) is 2.17. The van der Waals surface area contributed by atoms with Crippen LogP contribution in [-0.4, -0.2) is 15.1 Å². The van der Waals surface area contributed by atoms with Gasteiger partial charge in [-0.2, -0.15) is 0 Å². The Morgan fingerprint density at radius 1 is 1.58 bits per heavy atom. The largest absolute Gasteiger partial charge is 0.390 e.